The lowest BCUT2D eigenvalue weighted by atomic mass is 10.1. The highest BCUT2D eigenvalue weighted by Gasteiger charge is 2.24. The number of benzene rings is 3. The molecule has 4 rings (SSSR count). The van der Waals surface area contributed by atoms with Crippen LogP contribution in [0.15, 0.2) is 76.5 Å². The summed E-state index contributed by atoms with van der Waals surface area (Å²) in [4.78, 5) is 28.6. The van der Waals surface area contributed by atoms with Crippen molar-refractivity contribution in [3.05, 3.63) is 83.4 Å². The Labute approximate surface area is 166 Å². The molecule has 0 spiro atoms. The largest absolute Gasteiger partial charge is 0.322 e. The summed E-state index contributed by atoms with van der Waals surface area (Å²) >= 11 is 1.50. The minimum atomic E-state index is -0.257. The van der Waals surface area contributed by atoms with Gasteiger partial charge in [-0.2, -0.15) is 5.26 Å². The van der Waals surface area contributed by atoms with Crippen LogP contribution in [-0.2, 0) is 0 Å². The zero-order chi connectivity index (χ0) is 19.7. The van der Waals surface area contributed by atoms with Crippen molar-refractivity contribution in [3.8, 4) is 6.07 Å². The van der Waals surface area contributed by atoms with Gasteiger partial charge < -0.3 is 10.2 Å². The number of amides is 2. The van der Waals surface area contributed by atoms with Crippen LogP contribution in [0.4, 0.5) is 11.4 Å². The van der Waals surface area contributed by atoms with E-state index in [-0.39, 0.29) is 11.8 Å². The Kier molecular flexibility index (Phi) is 4.60. The average Bonchev–Trinajstić information content (AvgIpc) is 2.83. The van der Waals surface area contributed by atoms with Crippen molar-refractivity contribution in [2.24, 2.45) is 0 Å². The maximum Gasteiger partial charge on any atom is 0.259 e. The zero-order valence-corrected chi connectivity index (χ0v) is 15.8. The molecule has 0 atom stereocenters. The summed E-state index contributed by atoms with van der Waals surface area (Å²) in [6, 6.07) is 21.5. The van der Waals surface area contributed by atoms with Gasteiger partial charge in [-0.25, -0.2) is 0 Å². The van der Waals surface area contributed by atoms with Crippen molar-refractivity contribution in [1.29, 1.82) is 5.26 Å². The molecule has 0 aliphatic carbocycles. The quantitative estimate of drug-likeness (QED) is 0.702. The molecule has 0 unspecified atom stereocenters. The Hall–Kier alpha value is -3.56. The molecule has 1 N–H and O–H groups in total. The van der Waals surface area contributed by atoms with E-state index in [1.807, 2.05) is 42.5 Å². The van der Waals surface area contributed by atoms with Crippen LogP contribution in [0.2, 0.25) is 0 Å². The second-order valence-electron chi connectivity index (χ2n) is 6.29. The molecule has 2 amide bonds. The highest BCUT2D eigenvalue weighted by Crippen LogP contribution is 2.41. The Bertz CT molecular complexity index is 1130. The van der Waals surface area contributed by atoms with Crippen LogP contribution in [0.3, 0.4) is 0 Å². The van der Waals surface area contributed by atoms with Gasteiger partial charge >= 0.3 is 0 Å². The van der Waals surface area contributed by atoms with Crippen LogP contribution in [0, 0.1) is 11.3 Å². The number of nitriles is 1. The molecule has 0 radical (unpaired) electrons. The summed E-state index contributed by atoms with van der Waals surface area (Å²) in [5.74, 6) is -0.316. The van der Waals surface area contributed by atoms with Crippen molar-refractivity contribution in [2.75, 3.05) is 17.3 Å². The number of nitrogens with zero attached hydrogens (tertiary/aromatic N) is 2. The number of anilines is 2. The van der Waals surface area contributed by atoms with Crippen LogP contribution in [0.1, 0.15) is 26.3 Å². The Balaban J connectivity index is 1.64. The zero-order valence-electron chi connectivity index (χ0n) is 15.0. The average molecular weight is 385 g/mol. The monoisotopic (exact) mass is 385 g/mol. The molecule has 136 valence electrons. The number of nitrogens with one attached hydrogen (secondary N) is 1. The first-order valence-corrected chi connectivity index (χ1v) is 9.39. The lowest BCUT2D eigenvalue weighted by Gasteiger charge is -2.18. The van der Waals surface area contributed by atoms with E-state index >= 15 is 0 Å². The summed E-state index contributed by atoms with van der Waals surface area (Å²) in [7, 11) is 1.75. The maximum atomic E-state index is 12.7. The number of fused-ring (bicyclic) bond motifs is 2. The van der Waals surface area contributed by atoms with E-state index in [1.165, 1.54) is 11.8 Å². The molecule has 1 aliphatic heterocycles. The van der Waals surface area contributed by atoms with Gasteiger partial charge in [-0.05, 0) is 54.6 Å². The predicted molar refractivity (Wildman–Crippen MR) is 109 cm³/mol. The fraction of sp³-hybridized carbons (Fsp3) is 0.0455. The SMILES string of the molecule is CN1C(=O)c2ccccc2Sc2cc(NC(=O)c3ccc(C#N)cc3)ccc21. The molecular formula is C22H15N3O2S. The van der Waals surface area contributed by atoms with Crippen molar-refractivity contribution >= 4 is 35.0 Å². The lowest BCUT2D eigenvalue weighted by molar-refractivity contribution is 0.0988. The van der Waals surface area contributed by atoms with Crippen LogP contribution in [-0.4, -0.2) is 18.9 Å². The van der Waals surface area contributed by atoms with Gasteiger partial charge in [0.1, 0.15) is 0 Å². The van der Waals surface area contributed by atoms with E-state index in [1.54, 1.807) is 42.3 Å². The Morgan fingerprint density at radius 3 is 2.54 bits per heavy atom. The molecule has 0 aromatic heterocycles. The molecule has 1 heterocycles. The standard InChI is InChI=1S/C22H15N3O2S/c1-25-18-11-10-16(24-21(26)15-8-6-14(13-23)7-9-15)12-20(18)28-19-5-3-2-4-17(19)22(25)27/h2-12H,1H3,(H,24,26). The molecule has 6 heteroatoms. The van der Waals surface area contributed by atoms with Gasteiger partial charge in [-0.3, -0.25) is 9.59 Å². The molecule has 28 heavy (non-hydrogen) atoms. The van der Waals surface area contributed by atoms with Crippen LogP contribution in [0.5, 0.6) is 0 Å². The van der Waals surface area contributed by atoms with E-state index < -0.39 is 0 Å². The third-order valence-corrected chi connectivity index (χ3v) is 5.62. The molecule has 0 saturated carbocycles. The van der Waals surface area contributed by atoms with Gasteiger partial charge in [0.15, 0.2) is 0 Å². The molecular weight excluding hydrogens is 370 g/mol. The first-order chi connectivity index (χ1) is 13.6. The van der Waals surface area contributed by atoms with E-state index in [0.29, 0.717) is 22.4 Å². The smallest absolute Gasteiger partial charge is 0.259 e. The van der Waals surface area contributed by atoms with E-state index in [4.69, 9.17) is 5.26 Å². The maximum absolute atomic E-state index is 12.7. The first kappa shape index (κ1) is 17.8. The number of carbonyl (C=O) groups excluding carboxylic acids is 2. The minimum absolute atomic E-state index is 0.0591. The van der Waals surface area contributed by atoms with Crippen molar-refractivity contribution in [2.45, 2.75) is 9.79 Å². The highest BCUT2D eigenvalue weighted by molar-refractivity contribution is 7.99. The van der Waals surface area contributed by atoms with Crippen molar-refractivity contribution in [1.82, 2.24) is 0 Å². The fourth-order valence-corrected chi connectivity index (χ4v) is 4.14. The number of rotatable bonds is 2. The van der Waals surface area contributed by atoms with Crippen LogP contribution < -0.4 is 10.2 Å². The molecule has 5 nitrogen and oxygen atoms in total. The number of hydrogen-bond donors (Lipinski definition) is 1. The van der Waals surface area contributed by atoms with Gasteiger partial charge in [0.25, 0.3) is 11.8 Å². The van der Waals surface area contributed by atoms with Gasteiger partial charge in [-0.1, -0.05) is 23.9 Å². The Morgan fingerprint density at radius 2 is 1.79 bits per heavy atom. The van der Waals surface area contributed by atoms with E-state index in [9.17, 15) is 9.59 Å². The molecule has 3 aromatic rings. The van der Waals surface area contributed by atoms with Gasteiger partial charge in [0, 0.05) is 28.1 Å². The number of hydrogen-bond acceptors (Lipinski definition) is 4. The number of carbonyl (C=O) groups is 2. The van der Waals surface area contributed by atoms with E-state index in [2.05, 4.69) is 5.32 Å². The van der Waals surface area contributed by atoms with Gasteiger partial charge in [0.2, 0.25) is 0 Å². The second-order valence-corrected chi connectivity index (χ2v) is 7.37. The van der Waals surface area contributed by atoms with Crippen molar-refractivity contribution < 1.29 is 9.59 Å². The lowest BCUT2D eigenvalue weighted by Crippen LogP contribution is -2.26. The summed E-state index contributed by atoms with van der Waals surface area (Å²) in [5.41, 5.74) is 3.07. The summed E-state index contributed by atoms with van der Waals surface area (Å²) in [6.45, 7) is 0. The van der Waals surface area contributed by atoms with E-state index in [0.717, 1.165) is 15.5 Å². The molecule has 0 saturated heterocycles. The third kappa shape index (κ3) is 3.24. The third-order valence-electron chi connectivity index (χ3n) is 4.50. The topological polar surface area (TPSA) is 73.2 Å². The first-order valence-electron chi connectivity index (χ1n) is 8.57. The summed E-state index contributed by atoms with van der Waals surface area (Å²) in [6.07, 6.45) is 0. The van der Waals surface area contributed by atoms with Gasteiger partial charge in [0.05, 0.1) is 22.9 Å². The summed E-state index contributed by atoms with van der Waals surface area (Å²) < 4.78 is 0. The minimum Gasteiger partial charge on any atom is -0.322 e. The van der Waals surface area contributed by atoms with Crippen LogP contribution in [0.25, 0.3) is 0 Å². The predicted octanol–water partition coefficient (Wildman–Crippen LogP) is 4.55. The Morgan fingerprint density at radius 1 is 1.04 bits per heavy atom. The second kappa shape index (κ2) is 7.22. The fourth-order valence-electron chi connectivity index (χ4n) is 2.99. The molecule has 0 bridgehead atoms. The molecule has 1 aliphatic rings. The molecule has 0 fully saturated rings. The normalized spacial score (nSPS) is 12.4. The molecule has 3 aromatic carbocycles. The highest BCUT2D eigenvalue weighted by atomic mass is 32.2. The van der Waals surface area contributed by atoms with Gasteiger partial charge in [-0.15, -0.1) is 0 Å². The van der Waals surface area contributed by atoms with Crippen LogP contribution >= 0.6 is 11.8 Å². The van der Waals surface area contributed by atoms with Crippen molar-refractivity contribution in [3.63, 3.8) is 0 Å². The summed E-state index contributed by atoms with van der Waals surface area (Å²) in [5, 5.41) is 11.7.